The molecule has 0 radical (unpaired) electrons. The number of piperidine rings is 1. The van der Waals surface area contributed by atoms with Crippen LogP contribution >= 0.6 is 0 Å². The number of hydrogen-bond donors (Lipinski definition) is 0. The molecule has 2 aromatic carbocycles. The van der Waals surface area contributed by atoms with Crippen molar-refractivity contribution in [3.05, 3.63) is 66.0 Å². The van der Waals surface area contributed by atoms with Gasteiger partial charge in [0.25, 0.3) is 0 Å². The van der Waals surface area contributed by atoms with Crippen molar-refractivity contribution in [2.24, 2.45) is 0 Å². The van der Waals surface area contributed by atoms with Crippen molar-refractivity contribution in [3.8, 4) is 5.75 Å². The van der Waals surface area contributed by atoms with Crippen LogP contribution in [0.25, 0.3) is 0 Å². The fourth-order valence-corrected chi connectivity index (χ4v) is 3.64. The van der Waals surface area contributed by atoms with E-state index in [0.717, 1.165) is 25.8 Å². The number of halogens is 1. The first-order valence-electron chi connectivity index (χ1n) is 9.47. The highest BCUT2D eigenvalue weighted by atomic mass is 19.1. The molecule has 0 aliphatic carbocycles. The van der Waals surface area contributed by atoms with Gasteiger partial charge in [-0.1, -0.05) is 42.8 Å². The van der Waals surface area contributed by atoms with Gasteiger partial charge in [-0.15, -0.1) is 0 Å². The Morgan fingerprint density at radius 2 is 1.88 bits per heavy atom. The number of nitrogens with zero attached hydrogens (tertiary/aromatic N) is 1. The zero-order chi connectivity index (χ0) is 17.3. The Hall–Kier alpha value is -1.87. The molecule has 0 saturated carbocycles. The summed E-state index contributed by atoms with van der Waals surface area (Å²) in [7, 11) is 0. The van der Waals surface area contributed by atoms with Crippen LogP contribution in [0.3, 0.4) is 0 Å². The topological polar surface area (TPSA) is 12.5 Å². The molecular formula is C22H28FNO. The van der Waals surface area contributed by atoms with Gasteiger partial charge in [-0.05, 0) is 62.9 Å². The van der Waals surface area contributed by atoms with Gasteiger partial charge in [0.1, 0.15) is 11.6 Å². The van der Waals surface area contributed by atoms with Crippen LogP contribution in [0.15, 0.2) is 54.6 Å². The first kappa shape index (κ1) is 17.9. The maximum absolute atomic E-state index is 13.1. The van der Waals surface area contributed by atoms with Gasteiger partial charge in [-0.2, -0.15) is 0 Å². The summed E-state index contributed by atoms with van der Waals surface area (Å²) in [6.07, 6.45) is 7.24. The lowest BCUT2D eigenvalue weighted by atomic mass is 9.95. The number of unbranched alkanes of at least 4 members (excludes halogenated alkanes) is 1. The summed E-state index contributed by atoms with van der Waals surface area (Å²) in [6, 6.07) is 17.9. The van der Waals surface area contributed by atoms with Crippen molar-refractivity contribution >= 4 is 0 Å². The van der Waals surface area contributed by atoms with Crippen LogP contribution in [0, 0.1) is 5.82 Å². The average Bonchev–Trinajstić information content (AvgIpc) is 2.64. The molecule has 2 aromatic rings. The van der Waals surface area contributed by atoms with Gasteiger partial charge in [0, 0.05) is 12.1 Å². The Morgan fingerprint density at radius 1 is 1.00 bits per heavy atom. The number of ether oxygens (including phenoxy) is 1. The average molecular weight is 341 g/mol. The Balaban J connectivity index is 1.40. The van der Waals surface area contributed by atoms with E-state index in [-0.39, 0.29) is 5.82 Å². The summed E-state index contributed by atoms with van der Waals surface area (Å²) in [6.45, 7) is 2.99. The van der Waals surface area contributed by atoms with Crippen LogP contribution in [-0.4, -0.2) is 30.6 Å². The molecule has 0 bridgehead atoms. The predicted molar refractivity (Wildman–Crippen MR) is 100 cm³/mol. The maximum atomic E-state index is 13.1. The molecule has 1 atom stereocenters. The summed E-state index contributed by atoms with van der Waals surface area (Å²) in [5.74, 6) is 0.384. The minimum atomic E-state index is -0.241. The summed E-state index contributed by atoms with van der Waals surface area (Å²) in [5.41, 5.74) is 1.44. The quantitative estimate of drug-likeness (QED) is 0.621. The summed E-state index contributed by atoms with van der Waals surface area (Å²) >= 11 is 0. The van der Waals surface area contributed by atoms with Crippen molar-refractivity contribution in [2.45, 2.75) is 44.6 Å². The van der Waals surface area contributed by atoms with E-state index in [9.17, 15) is 4.39 Å². The number of likely N-dealkylation sites (tertiary alicyclic amines) is 1. The van der Waals surface area contributed by atoms with Crippen molar-refractivity contribution in [2.75, 3.05) is 19.7 Å². The molecule has 3 heteroatoms. The van der Waals surface area contributed by atoms with Crippen LogP contribution in [0.5, 0.6) is 5.75 Å². The van der Waals surface area contributed by atoms with Gasteiger partial charge in [0.2, 0.25) is 0 Å². The lowest BCUT2D eigenvalue weighted by Gasteiger charge is -2.36. The van der Waals surface area contributed by atoms with Gasteiger partial charge in [-0.25, -0.2) is 4.39 Å². The molecule has 134 valence electrons. The smallest absolute Gasteiger partial charge is 0.126 e. The first-order chi connectivity index (χ1) is 12.3. The SMILES string of the molecule is Fc1cccc(OCCCCN2CCCCC2Cc2ccccc2)c1. The van der Waals surface area contributed by atoms with Gasteiger partial charge in [0.05, 0.1) is 6.61 Å². The summed E-state index contributed by atoms with van der Waals surface area (Å²) in [4.78, 5) is 2.65. The van der Waals surface area contributed by atoms with E-state index in [0.29, 0.717) is 18.4 Å². The van der Waals surface area contributed by atoms with Crippen molar-refractivity contribution < 1.29 is 9.13 Å². The van der Waals surface area contributed by atoms with Crippen molar-refractivity contribution in [3.63, 3.8) is 0 Å². The predicted octanol–water partition coefficient (Wildman–Crippen LogP) is 5.08. The third kappa shape index (κ3) is 5.86. The largest absolute Gasteiger partial charge is 0.493 e. The molecule has 3 rings (SSSR count). The number of benzene rings is 2. The van der Waals surface area contributed by atoms with Crippen molar-refractivity contribution in [1.29, 1.82) is 0 Å². The minimum absolute atomic E-state index is 0.241. The van der Waals surface area contributed by atoms with E-state index >= 15 is 0 Å². The van der Waals surface area contributed by atoms with Gasteiger partial charge >= 0.3 is 0 Å². The second kappa shape index (κ2) is 9.57. The second-order valence-corrected chi connectivity index (χ2v) is 6.89. The third-order valence-electron chi connectivity index (χ3n) is 4.97. The van der Waals surface area contributed by atoms with Crippen LogP contribution in [0.2, 0.25) is 0 Å². The summed E-state index contributed by atoms with van der Waals surface area (Å²) in [5, 5.41) is 0. The Bertz CT molecular complexity index is 631. The second-order valence-electron chi connectivity index (χ2n) is 6.89. The highest BCUT2D eigenvalue weighted by molar-refractivity contribution is 5.22. The molecule has 0 aromatic heterocycles. The zero-order valence-corrected chi connectivity index (χ0v) is 14.9. The number of rotatable bonds is 8. The first-order valence-corrected chi connectivity index (χ1v) is 9.47. The maximum Gasteiger partial charge on any atom is 0.126 e. The summed E-state index contributed by atoms with van der Waals surface area (Å²) < 4.78 is 18.8. The molecule has 25 heavy (non-hydrogen) atoms. The van der Waals surface area contributed by atoms with Gasteiger partial charge in [-0.3, -0.25) is 0 Å². The molecule has 0 N–H and O–H groups in total. The van der Waals surface area contributed by atoms with Gasteiger partial charge < -0.3 is 9.64 Å². The Kier molecular flexibility index (Phi) is 6.87. The van der Waals surface area contributed by atoms with E-state index in [1.165, 1.54) is 43.5 Å². The molecule has 1 saturated heterocycles. The molecule has 2 nitrogen and oxygen atoms in total. The number of hydrogen-bond acceptors (Lipinski definition) is 2. The van der Waals surface area contributed by atoms with Crippen molar-refractivity contribution in [1.82, 2.24) is 4.90 Å². The molecule has 1 aliphatic rings. The Morgan fingerprint density at radius 3 is 2.72 bits per heavy atom. The normalized spacial score (nSPS) is 18.2. The molecule has 1 heterocycles. The van der Waals surface area contributed by atoms with Crippen LogP contribution in [-0.2, 0) is 6.42 Å². The molecule has 0 amide bonds. The molecule has 1 aliphatic heterocycles. The monoisotopic (exact) mass is 341 g/mol. The molecule has 1 fully saturated rings. The van der Waals surface area contributed by atoms with Crippen LogP contribution < -0.4 is 4.74 Å². The van der Waals surface area contributed by atoms with Gasteiger partial charge in [0.15, 0.2) is 0 Å². The fourth-order valence-electron chi connectivity index (χ4n) is 3.64. The lowest BCUT2D eigenvalue weighted by molar-refractivity contribution is 0.142. The van der Waals surface area contributed by atoms with E-state index in [2.05, 4.69) is 35.2 Å². The Labute approximate surface area is 150 Å². The lowest BCUT2D eigenvalue weighted by Crippen LogP contribution is -2.41. The van der Waals surface area contributed by atoms with E-state index in [1.54, 1.807) is 6.07 Å². The highest BCUT2D eigenvalue weighted by Gasteiger charge is 2.21. The third-order valence-corrected chi connectivity index (χ3v) is 4.97. The van der Waals surface area contributed by atoms with E-state index in [4.69, 9.17) is 4.74 Å². The molecule has 1 unspecified atom stereocenters. The van der Waals surface area contributed by atoms with Crippen LogP contribution in [0.4, 0.5) is 4.39 Å². The fraction of sp³-hybridized carbons (Fsp3) is 0.455. The van der Waals surface area contributed by atoms with E-state index in [1.807, 2.05) is 6.07 Å². The molecule has 0 spiro atoms. The standard InChI is InChI=1S/C22H28FNO/c23-20-11-8-13-22(18-20)25-16-7-6-15-24-14-5-4-12-21(24)17-19-9-2-1-3-10-19/h1-3,8-11,13,18,21H,4-7,12,14-17H2. The molecular weight excluding hydrogens is 313 g/mol. The van der Waals surface area contributed by atoms with Crippen LogP contribution in [0.1, 0.15) is 37.7 Å². The van der Waals surface area contributed by atoms with E-state index < -0.39 is 0 Å². The minimum Gasteiger partial charge on any atom is -0.493 e. The zero-order valence-electron chi connectivity index (χ0n) is 14.9. The highest BCUT2D eigenvalue weighted by Crippen LogP contribution is 2.21.